The van der Waals surface area contributed by atoms with Crippen LogP contribution < -0.4 is 10.2 Å². The molecule has 122 valence electrons. The highest BCUT2D eigenvalue weighted by Crippen LogP contribution is 2.23. The minimum atomic E-state index is -3.33. The summed E-state index contributed by atoms with van der Waals surface area (Å²) in [6.07, 6.45) is 4.21. The topological polar surface area (TPSA) is 52.7 Å². The molecule has 0 saturated carbocycles. The predicted octanol–water partition coefficient (Wildman–Crippen LogP) is 1.66. The molecule has 2 heterocycles. The molecule has 2 aliphatic rings. The average Bonchev–Trinajstić information content (AvgIpc) is 2.86. The molecular formula is C16H25N3O2S. The Morgan fingerprint density at radius 1 is 0.818 bits per heavy atom. The van der Waals surface area contributed by atoms with E-state index in [1.165, 1.54) is 0 Å². The Labute approximate surface area is 133 Å². The molecule has 1 N–H and O–H groups in total. The van der Waals surface area contributed by atoms with Crippen molar-refractivity contribution in [2.45, 2.75) is 30.6 Å². The summed E-state index contributed by atoms with van der Waals surface area (Å²) < 4.78 is 27.1. The van der Waals surface area contributed by atoms with Gasteiger partial charge in [0.15, 0.2) is 0 Å². The zero-order valence-electron chi connectivity index (χ0n) is 13.0. The highest BCUT2D eigenvalue weighted by Gasteiger charge is 2.25. The van der Waals surface area contributed by atoms with Gasteiger partial charge in [-0.05, 0) is 37.1 Å². The molecular weight excluding hydrogens is 298 g/mol. The number of sulfonamides is 1. The van der Waals surface area contributed by atoms with E-state index in [-0.39, 0.29) is 0 Å². The SMILES string of the molecule is O=S(=O)(c1ccc(N2CCNCC2)cc1)N1CCCCCC1. The summed E-state index contributed by atoms with van der Waals surface area (Å²) in [5.74, 6) is 0. The van der Waals surface area contributed by atoms with E-state index in [0.29, 0.717) is 18.0 Å². The van der Waals surface area contributed by atoms with Crippen LogP contribution in [0.15, 0.2) is 29.2 Å². The van der Waals surface area contributed by atoms with E-state index >= 15 is 0 Å². The molecule has 1 aromatic carbocycles. The lowest BCUT2D eigenvalue weighted by molar-refractivity contribution is 0.424. The van der Waals surface area contributed by atoms with Gasteiger partial charge in [-0.25, -0.2) is 8.42 Å². The molecule has 5 nitrogen and oxygen atoms in total. The summed E-state index contributed by atoms with van der Waals surface area (Å²) in [4.78, 5) is 2.71. The smallest absolute Gasteiger partial charge is 0.243 e. The van der Waals surface area contributed by atoms with Crippen molar-refractivity contribution in [2.24, 2.45) is 0 Å². The molecule has 0 atom stereocenters. The number of piperazine rings is 1. The number of hydrogen-bond acceptors (Lipinski definition) is 4. The molecule has 1 aromatic rings. The van der Waals surface area contributed by atoms with Gasteiger partial charge in [0.05, 0.1) is 4.90 Å². The van der Waals surface area contributed by atoms with Crippen LogP contribution >= 0.6 is 0 Å². The number of rotatable bonds is 3. The summed E-state index contributed by atoms with van der Waals surface area (Å²) in [6, 6.07) is 7.40. The van der Waals surface area contributed by atoms with Gasteiger partial charge in [0.25, 0.3) is 0 Å². The second kappa shape index (κ2) is 6.98. The van der Waals surface area contributed by atoms with Gasteiger partial charge < -0.3 is 10.2 Å². The number of anilines is 1. The molecule has 0 bridgehead atoms. The van der Waals surface area contributed by atoms with Crippen molar-refractivity contribution in [3.8, 4) is 0 Å². The van der Waals surface area contributed by atoms with Crippen molar-refractivity contribution in [1.29, 1.82) is 0 Å². The van der Waals surface area contributed by atoms with Crippen molar-refractivity contribution in [2.75, 3.05) is 44.2 Å². The Hall–Kier alpha value is -1.11. The Balaban J connectivity index is 1.75. The summed E-state index contributed by atoms with van der Waals surface area (Å²) >= 11 is 0. The lowest BCUT2D eigenvalue weighted by atomic mass is 10.2. The molecule has 2 aliphatic heterocycles. The van der Waals surface area contributed by atoms with Crippen molar-refractivity contribution in [3.05, 3.63) is 24.3 Å². The second-order valence-electron chi connectivity index (χ2n) is 6.05. The van der Waals surface area contributed by atoms with Gasteiger partial charge in [0.1, 0.15) is 0 Å². The first-order valence-electron chi connectivity index (χ1n) is 8.24. The molecule has 0 spiro atoms. The summed E-state index contributed by atoms with van der Waals surface area (Å²) in [5, 5.41) is 3.32. The van der Waals surface area contributed by atoms with E-state index in [2.05, 4.69) is 10.2 Å². The number of hydrogen-bond donors (Lipinski definition) is 1. The van der Waals surface area contributed by atoms with Crippen molar-refractivity contribution < 1.29 is 8.42 Å². The lowest BCUT2D eigenvalue weighted by Crippen LogP contribution is -2.43. The quantitative estimate of drug-likeness (QED) is 0.919. The van der Waals surface area contributed by atoms with Gasteiger partial charge in [0.2, 0.25) is 10.0 Å². The number of benzene rings is 1. The minimum absolute atomic E-state index is 0.424. The fraction of sp³-hybridized carbons (Fsp3) is 0.625. The first kappa shape index (κ1) is 15.8. The molecule has 0 amide bonds. The lowest BCUT2D eigenvalue weighted by Gasteiger charge is -2.29. The third-order valence-electron chi connectivity index (χ3n) is 4.52. The third kappa shape index (κ3) is 3.45. The summed E-state index contributed by atoms with van der Waals surface area (Å²) in [7, 11) is -3.33. The normalized spacial score (nSPS) is 21.5. The van der Waals surface area contributed by atoms with E-state index in [1.807, 2.05) is 12.1 Å². The van der Waals surface area contributed by atoms with Crippen LogP contribution in [-0.4, -0.2) is 52.0 Å². The van der Waals surface area contributed by atoms with E-state index in [9.17, 15) is 8.42 Å². The molecule has 0 aromatic heterocycles. The van der Waals surface area contributed by atoms with Crippen molar-refractivity contribution in [3.63, 3.8) is 0 Å². The molecule has 3 rings (SSSR count). The van der Waals surface area contributed by atoms with E-state index in [4.69, 9.17) is 0 Å². The maximum atomic E-state index is 12.7. The monoisotopic (exact) mass is 323 g/mol. The van der Waals surface area contributed by atoms with Crippen LogP contribution in [0.4, 0.5) is 5.69 Å². The highest BCUT2D eigenvalue weighted by atomic mass is 32.2. The van der Waals surface area contributed by atoms with Crippen LogP contribution in [0, 0.1) is 0 Å². The molecule has 2 fully saturated rings. The molecule has 0 radical (unpaired) electrons. The van der Waals surface area contributed by atoms with Crippen LogP contribution in [0.2, 0.25) is 0 Å². The van der Waals surface area contributed by atoms with Gasteiger partial charge in [-0.1, -0.05) is 12.8 Å². The Kier molecular flexibility index (Phi) is 5.00. The standard InChI is InChI=1S/C16H25N3O2S/c20-22(21,19-11-3-1-2-4-12-19)16-7-5-15(6-8-16)18-13-9-17-10-14-18/h5-8,17H,1-4,9-14H2. The first-order valence-corrected chi connectivity index (χ1v) is 9.68. The average molecular weight is 323 g/mol. The number of nitrogens with one attached hydrogen (secondary N) is 1. The maximum absolute atomic E-state index is 12.7. The second-order valence-corrected chi connectivity index (χ2v) is 7.99. The summed E-state index contributed by atoms with van der Waals surface area (Å²) in [6.45, 7) is 5.21. The third-order valence-corrected chi connectivity index (χ3v) is 6.43. The fourth-order valence-corrected chi connectivity index (χ4v) is 4.70. The van der Waals surface area contributed by atoms with Gasteiger partial charge in [-0.3, -0.25) is 0 Å². The van der Waals surface area contributed by atoms with E-state index in [1.54, 1.807) is 16.4 Å². The summed E-state index contributed by atoms with van der Waals surface area (Å²) in [5.41, 5.74) is 1.11. The van der Waals surface area contributed by atoms with E-state index in [0.717, 1.165) is 57.5 Å². The fourth-order valence-electron chi connectivity index (χ4n) is 3.18. The zero-order chi connectivity index (χ0) is 15.4. The van der Waals surface area contributed by atoms with Gasteiger partial charge >= 0.3 is 0 Å². The van der Waals surface area contributed by atoms with Crippen molar-refractivity contribution in [1.82, 2.24) is 9.62 Å². The van der Waals surface area contributed by atoms with E-state index < -0.39 is 10.0 Å². The molecule has 0 unspecified atom stereocenters. The Morgan fingerprint density at radius 3 is 2.00 bits per heavy atom. The minimum Gasteiger partial charge on any atom is -0.369 e. The first-order chi connectivity index (χ1) is 10.7. The van der Waals surface area contributed by atoms with Gasteiger partial charge in [0, 0.05) is 45.0 Å². The Bertz CT molecular complexity index is 572. The largest absolute Gasteiger partial charge is 0.369 e. The zero-order valence-corrected chi connectivity index (χ0v) is 13.8. The predicted molar refractivity (Wildman–Crippen MR) is 88.8 cm³/mol. The van der Waals surface area contributed by atoms with Crippen LogP contribution in [0.5, 0.6) is 0 Å². The van der Waals surface area contributed by atoms with Crippen LogP contribution in [-0.2, 0) is 10.0 Å². The molecule has 0 aliphatic carbocycles. The molecule has 6 heteroatoms. The van der Waals surface area contributed by atoms with Gasteiger partial charge in [-0.2, -0.15) is 4.31 Å². The van der Waals surface area contributed by atoms with Crippen LogP contribution in [0.1, 0.15) is 25.7 Å². The van der Waals surface area contributed by atoms with Gasteiger partial charge in [-0.15, -0.1) is 0 Å². The van der Waals surface area contributed by atoms with Crippen LogP contribution in [0.3, 0.4) is 0 Å². The maximum Gasteiger partial charge on any atom is 0.243 e. The highest BCUT2D eigenvalue weighted by molar-refractivity contribution is 7.89. The molecule has 22 heavy (non-hydrogen) atoms. The Morgan fingerprint density at radius 2 is 1.41 bits per heavy atom. The van der Waals surface area contributed by atoms with Crippen LogP contribution in [0.25, 0.3) is 0 Å². The van der Waals surface area contributed by atoms with Crippen molar-refractivity contribution >= 4 is 15.7 Å². The number of nitrogens with zero attached hydrogens (tertiary/aromatic N) is 2. The molecule has 2 saturated heterocycles.